The lowest BCUT2D eigenvalue weighted by Crippen LogP contribution is -2.51. The molecule has 1 unspecified atom stereocenters. The van der Waals surface area contributed by atoms with E-state index in [9.17, 15) is 4.79 Å². The molecule has 0 aromatic rings. The highest BCUT2D eigenvalue weighted by atomic mass is 16.5. The van der Waals surface area contributed by atoms with Gasteiger partial charge in [0.2, 0.25) is 5.91 Å². The van der Waals surface area contributed by atoms with Gasteiger partial charge in [0.25, 0.3) is 0 Å². The smallest absolute Gasteiger partial charge is 0.230 e. The molecule has 0 radical (unpaired) electrons. The molecule has 20 heavy (non-hydrogen) atoms. The molecule has 2 aliphatic heterocycles. The van der Waals surface area contributed by atoms with Crippen molar-refractivity contribution in [1.29, 1.82) is 0 Å². The highest BCUT2D eigenvalue weighted by Gasteiger charge is 2.41. The lowest BCUT2D eigenvalue weighted by molar-refractivity contribution is -0.147. The Morgan fingerprint density at radius 2 is 2.00 bits per heavy atom. The second-order valence-electron chi connectivity index (χ2n) is 6.82. The summed E-state index contributed by atoms with van der Waals surface area (Å²) in [5, 5.41) is 0. The summed E-state index contributed by atoms with van der Waals surface area (Å²) < 4.78 is 5.41. The molecule has 0 bridgehead atoms. The fourth-order valence-electron chi connectivity index (χ4n) is 3.59. The lowest BCUT2D eigenvalue weighted by atomic mass is 9.78. The zero-order chi connectivity index (χ0) is 14.6. The molecule has 2 N–H and O–H groups in total. The SMILES string of the molecule is CC(C)C1CCCN(C(=O)C2(CN)CCOCC2)CC1. The average Bonchev–Trinajstić information content (AvgIpc) is 2.73. The molecular weight excluding hydrogens is 252 g/mol. The molecule has 2 saturated heterocycles. The van der Waals surface area contributed by atoms with Crippen LogP contribution < -0.4 is 5.73 Å². The monoisotopic (exact) mass is 282 g/mol. The van der Waals surface area contributed by atoms with Crippen LogP contribution >= 0.6 is 0 Å². The van der Waals surface area contributed by atoms with Crippen LogP contribution in [0.4, 0.5) is 0 Å². The third-order valence-electron chi connectivity index (χ3n) is 5.30. The number of rotatable bonds is 3. The van der Waals surface area contributed by atoms with Crippen molar-refractivity contribution in [2.24, 2.45) is 23.0 Å². The summed E-state index contributed by atoms with van der Waals surface area (Å²) in [5.74, 6) is 1.76. The number of ether oxygens (including phenoxy) is 1. The lowest BCUT2D eigenvalue weighted by Gasteiger charge is -2.38. The number of hydrogen-bond acceptors (Lipinski definition) is 3. The summed E-state index contributed by atoms with van der Waals surface area (Å²) in [5.41, 5.74) is 5.61. The van der Waals surface area contributed by atoms with E-state index >= 15 is 0 Å². The molecule has 2 heterocycles. The third kappa shape index (κ3) is 3.34. The minimum atomic E-state index is -0.351. The molecule has 0 aromatic carbocycles. The van der Waals surface area contributed by atoms with Crippen molar-refractivity contribution in [3.63, 3.8) is 0 Å². The van der Waals surface area contributed by atoms with E-state index in [1.54, 1.807) is 0 Å². The minimum Gasteiger partial charge on any atom is -0.381 e. The van der Waals surface area contributed by atoms with Crippen LogP contribution in [-0.4, -0.2) is 43.7 Å². The number of nitrogens with zero attached hydrogens (tertiary/aromatic N) is 1. The normalized spacial score (nSPS) is 27.4. The number of carbonyl (C=O) groups is 1. The molecule has 0 aromatic heterocycles. The van der Waals surface area contributed by atoms with Crippen molar-refractivity contribution in [3.8, 4) is 0 Å². The van der Waals surface area contributed by atoms with Crippen molar-refractivity contribution in [1.82, 2.24) is 4.90 Å². The fourth-order valence-corrected chi connectivity index (χ4v) is 3.59. The predicted molar refractivity (Wildman–Crippen MR) is 80.3 cm³/mol. The number of carbonyl (C=O) groups excluding carboxylic acids is 1. The number of likely N-dealkylation sites (tertiary alicyclic amines) is 1. The van der Waals surface area contributed by atoms with E-state index in [2.05, 4.69) is 18.7 Å². The summed E-state index contributed by atoms with van der Waals surface area (Å²) in [6.45, 7) is 8.20. The summed E-state index contributed by atoms with van der Waals surface area (Å²) in [6, 6.07) is 0. The van der Waals surface area contributed by atoms with Gasteiger partial charge in [0, 0.05) is 32.8 Å². The van der Waals surface area contributed by atoms with Gasteiger partial charge >= 0.3 is 0 Å². The largest absolute Gasteiger partial charge is 0.381 e. The van der Waals surface area contributed by atoms with Gasteiger partial charge < -0.3 is 15.4 Å². The quantitative estimate of drug-likeness (QED) is 0.861. The van der Waals surface area contributed by atoms with Crippen LogP contribution in [0, 0.1) is 17.3 Å². The van der Waals surface area contributed by atoms with Gasteiger partial charge in [-0.2, -0.15) is 0 Å². The maximum Gasteiger partial charge on any atom is 0.230 e. The Balaban J connectivity index is 2.00. The van der Waals surface area contributed by atoms with Gasteiger partial charge in [0.1, 0.15) is 0 Å². The van der Waals surface area contributed by atoms with Gasteiger partial charge in [-0.1, -0.05) is 13.8 Å². The van der Waals surface area contributed by atoms with Gasteiger partial charge in [-0.3, -0.25) is 4.79 Å². The van der Waals surface area contributed by atoms with Crippen molar-refractivity contribution >= 4 is 5.91 Å². The van der Waals surface area contributed by atoms with Gasteiger partial charge in [-0.25, -0.2) is 0 Å². The van der Waals surface area contributed by atoms with E-state index in [1.807, 2.05) is 0 Å². The Hall–Kier alpha value is -0.610. The first kappa shape index (κ1) is 15.8. The fraction of sp³-hybridized carbons (Fsp3) is 0.938. The molecule has 1 amide bonds. The topological polar surface area (TPSA) is 55.6 Å². The van der Waals surface area contributed by atoms with Gasteiger partial charge in [-0.15, -0.1) is 0 Å². The minimum absolute atomic E-state index is 0.285. The standard InChI is InChI=1S/C16H30N2O2/c1-13(2)14-4-3-8-18(9-5-14)15(19)16(12-17)6-10-20-11-7-16/h13-14H,3-12,17H2,1-2H3. The van der Waals surface area contributed by atoms with Crippen LogP contribution in [0.3, 0.4) is 0 Å². The second kappa shape index (κ2) is 6.90. The maximum absolute atomic E-state index is 12.9. The van der Waals surface area contributed by atoms with Crippen LogP contribution in [0.1, 0.15) is 46.0 Å². The summed E-state index contributed by atoms with van der Waals surface area (Å²) in [4.78, 5) is 15.0. The Kier molecular flexibility index (Phi) is 5.44. The summed E-state index contributed by atoms with van der Waals surface area (Å²) in [6.07, 6.45) is 5.09. The Morgan fingerprint density at radius 1 is 1.30 bits per heavy atom. The molecule has 0 spiro atoms. The van der Waals surface area contributed by atoms with E-state index in [1.165, 1.54) is 6.42 Å². The van der Waals surface area contributed by atoms with Crippen molar-refractivity contribution in [2.45, 2.75) is 46.0 Å². The van der Waals surface area contributed by atoms with Crippen molar-refractivity contribution < 1.29 is 9.53 Å². The van der Waals surface area contributed by atoms with Crippen LogP contribution in [0.5, 0.6) is 0 Å². The average molecular weight is 282 g/mol. The zero-order valence-corrected chi connectivity index (χ0v) is 13.1. The van der Waals surface area contributed by atoms with Crippen LogP contribution in [-0.2, 0) is 9.53 Å². The van der Waals surface area contributed by atoms with Gasteiger partial charge in [-0.05, 0) is 43.9 Å². The number of hydrogen-bond donors (Lipinski definition) is 1. The molecule has 2 aliphatic rings. The van der Waals surface area contributed by atoms with Crippen LogP contribution in [0.25, 0.3) is 0 Å². The van der Waals surface area contributed by atoms with Crippen LogP contribution in [0.15, 0.2) is 0 Å². The van der Waals surface area contributed by atoms with E-state index in [-0.39, 0.29) is 11.3 Å². The highest BCUT2D eigenvalue weighted by molar-refractivity contribution is 5.83. The Morgan fingerprint density at radius 3 is 2.60 bits per heavy atom. The van der Waals surface area contributed by atoms with Crippen LogP contribution in [0.2, 0.25) is 0 Å². The Bertz CT molecular complexity index is 324. The molecule has 2 rings (SSSR count). The molecular formula is C16H30N2O2. The zero-order valence-electron chi connectivity index (χ0n) is 13.1. The molecule has 0 saturated carbocycles. The van der Waals surface area contributed by atoms with Crippen molar-refractivity contribution in [2.75, 3.05) is 32.8 Å². The van der Waals surface area contributed by atoms with E-state index in [0.29, 0.717) is 19.8 Å². The first-order chi connectivity index (χ1) is 9.59. The molecule has 4 heteroatoms. The third-order valence-corrected chi connectivity index (χ3v) is 5.30. The number of amides is 1. The van der Waals surface area contributed by atoms with Gasteiger partial charge in [0.05, 0.1) is 5.41 Å². The number of nitrogens with two attached hydrogens (primary N) is 1. The first-order valence-electron chi connectivity index (χ1n) is 8.16. The highest BCUT2D eigenvalue weighted by Crippen LogP contribution is 2.33. The van der Waals surface area contributed by atoms with E-state index in [0.717, 1.165) is 50.6 Å². The maximum atomic E-state index is 12.9. The van der Waals surface area contributed by atoms with E-state index < -0.39 is 0 Å². The Labute approximate surface area is 123 Å². The molecule has 0 aliphatic carbocycles. The molecule has 1 atom stereocenters. The summed E-state index contributed by atoms with van der Waals surface area (Å²) >= 11 is 0. The predicted octanol–water partition coefficient (Wildman–Crippen LogP) is 2.03. The molecule has 2 fully saturated rings. The van der Waals surface area contributed by atoms with E-state index in [4.69, 9.17) is 10.5 Å². The first-order valence-corrected chi connectivity index (χ1v) is 8.16. The molecule has 4 nitrogen and oxygen atoms in total. The van der Waals surface area contributed by atoms with Gasteiger partial charge in [0.15, 0.2) is 0 Å². The summed E-state index contributed by atoms with van der Waals surface area (Å²) in [7, 11) is 0. The molecule has 116 valence electrons. The van der Waals surface area contributed by atoms with Crippen molar-refractivity contribution in [3.05, 3.63) is 0 Å². The second-order valence-corrected chi connectivity index (χ2v) is 6.82.